The second kappa shape index (κ2) is 3.96. The molecular formula is C10H13O2P. The van der Waals surface area contributed by atoms with Crippen molar-refractivity contribution < 1.29 is 9.09 Å². The molecule has 1 unspecified atom stereocenters. The minimum atomic E-state index is -3.03. The molecule has 0 amide bonds. The molecule has 0 aromatic rings. The van der Waals surface area contributed by atoms with E-state index in [-0.39, 0.29) is 6.10 Å². The highest BCUT2D eigenvalue weighted by atomic mass is 31.2. The number of terminal acetylenes is 1. The topological polar surface area (TPSA) is 26.3 Å². The third-order valence-electron chi connectivity index (χ3n) is 1.97. The average Bonchev–Trinajstić information content (AvgIpc) is 2.25. The summed E-state index contributed by atoms with van der Waals surface area (Å²) in [5.74, 6) is 0. The SMILES string of the molecule is C#CP1(=O)O[C@@H](C)CCC=C1C=C. The largest absolute Gasteiger partial charge is 0.313 e. The van der Waals surface area contributed by atoms with E-state index in [1.165, 1.54) is 6.08 Å². The lowest BCUT2D eigenvalue weighted by atomic mass is 10.2. The molecule has 0 radical (unpaired) electrons. The molecule has 2 atom stereocenters. The predicted octanol–water partition coefficient (Wildman–Crippen LogP) is 3.12. The molecule has 3 heteroatoms. The Morgan fingerprint density at radius 3 is 3.15 bits per heavy atom. The zero-order valence-corrected chi connectivity index (χ0v) is 8.59. The van der Waals surface area contributed by atoms with E-state index in [1.54, 1.807) is 0 Å². The van der Waals surface area contributed by atoms with Crippen molar-refractivity contribution in [1.29, 1.82) is 0 Å². The quantitative estimate of drug-likeness (QED) is 0.475. The lowest BCUT2D eigenvalue weighted by Gasteiger charge is -2.15. The van der Waals surface area contributed by atoms with Crippen molar-refractivity contribution in [2.75, 3.05) is 0 Å². The lowest BCUT2D eigenvalue weighted by Crippen LogP contribution is -2.03. The van der Waals surface area contributed by atoms with Gasteiger partial charge < -0.3 is 4.52 Å². The van der Waals surface area contributed by atoms with Crippen molar-refractivity contribution in [3.8, 4) is 12.1 Å². The van der Waals surface area contributed by atoms with Crippen LogP contribution in [0, 0.1) is 12.1 Å². The Kier molecular flexibility index (Phi) is 3.14. The fourth-order valence-corrected chi connectivity index (χ4v) is 2.82. The Labute approximate surface area is 79.1 Å². The zero-order valence-electron chi connectivity index (χ0n) is 7.69. The van der Waals surface area contributed by atoms with Crippen LogP contribution in [0.1, 0.15) is 19.8 Å². The van der Waals surface area contributed by atoms with E-state index in [1.807, 2.05) is 13.0 Å². The maximum Gasteiger partial charge on any atom is 0.302 e. The van der Waals surface area contributed by atoms with Crippen LogP contribution in [-0.4, -0.2) is 6.10 Å². The van der Waals surface area contributed by atoms with Gasteiger partial charge in [-0.2, -0.15) is 0 Å². The highest BCUT2D eigenvalue weighted by Crippen LogP contribution is 2.56. The minimum absolute atomic E-state index is 0.0458. The van der Waals surface area contributed by atoms with Crippen LogP contribution in [0.4, 0.5) is 0 Å². The predicted molar refractivity (Wildman–Crippen MR) is 54.5 cm³/mol. The van der Waals surface area contributed by atoms with Crippen LogP contribution >= 0.6 is 7.37 Å². The molecule has 0 aromatic carbocycles. The Morgan fingerprint density at radius 2 is 2.62 bits per heavy atom. The molecule has 70 valence electrons. The van der Waals surface area contributed by atoms with Crippen molar-refractivity contribution in [2.45, 2.75) is 25.9 Å². The molecule has 0 bridgehead atoms. The van der Waals surface area contributed by atoms with Crippen molar-refractivity contribution in [3.63, 3.8) is 0 Å². The summed E-state index contributed by atoms with van der Waals surface area (Å²) in [6, 6.07) is 0. The second-order valence-electron chi connectivity index (χ2n) is 3.01. The summed E-state index contributed by atoms with van der Waals surface area (Å²) in [5.41, 5.74) is 2.25. The first kappa shape index (κ1) is 10.3. The first-order valence-electron chi connectivity index (χ1n) is 4.22. The van der Waals surface area contributed by atoms with Gasteiger partial charge in [-0.25, -0.2) is 0 Å². The standard InChI is InChI=1S/C10H13O2P/c1-4-10-8-6-7-9(3)12-13(10,11)5-2/h2,4,8-9H,1,6-7H2,3H3/t9-,13?/m0/s1. The first-order valence-corrected chi connectivity index (χ1v) is 5.84. The Hall–Kier alpha value is -0.770. The number of rotatable bonds is 1. The van der Waals surface area contributed by atoms with E-state index in [0.29, 0.717) is 5.31 Å². The van der Waals surface area contributed by atoms with Crippen LogP contribution < -0.4 is 0 Å². The summed E-state index contributed by atoms with van der Waals surface area (Å²) in [5, 5.41) is 0.569. The van der Waals surface area contributed by atoms with Gasteiger partial charge >= 0.3 is 7.37 Å². The van der Waals surface area contributed by atoms with Crippen LogP contribution in [0.15, 0.2) is 24.0 Å². The molecule has 13 heavy (non-hydrogen) atoms. The monoisotopic (exact) mass is 196 g/mol. The molecule has 0 saturated carbocycles. The molecule has 0 aromatic heterocycles. The fourth-order valence-electron chi connectivity index (χ4n) is 1.26. The van der Waals surface area contributed by atoms with Crippen LogP contribution in [0.25, 0.3) is 0 Å². The van der Waals surface area contributed by atoms with Gasteiger partial charge in [0.05, 0.1) is 6.10 Å². The summed E-state index contributed by atoms with van der Waals surface area (Å²) in [7, 11) is -3.03. The number of hydrogen-bond donors (Lipinski definition) is 0. The van der Waals surface area contributed by atoms with E-state index in [2.05, 4.69) is 12.2 Å². The summed E-state index contributed by atoms with van der Waals surface area (Å²) in [4.78, 5) is 0. The molecule has 1 aliphatic rings. The summed E-state index contributed by atoms with van der Waals surface area (Å²) >= 11 is 0. The molecule has 1 rings (SSSR count). The smallest absolute Gasteiger partial charge is 0.302 e. The Morgan fingerprint density at radius 1 is 1.92 bits per heavy atom. The van der Waals surface area contributed by atoms with Crippen LogP contribution in [-0.2, 0) is 9.09 Å². The van der Waals surface area contributed by atoms with Crippen molar-refractivity contribution >= 4 is 7.37 Å². The molecule has 2 nitrogen and oxygen atoms in total. The molecule has 0 spiro atoms. The van der Waals surface area contributed by atoms with Gasteiger partial charge in [-0.15, -0.1) is 6.42 Å². The third-order valence-corrected chi connectivity index (χ3v) is 4.02. The highest BCUT2D eigenvalue weighted by molar-refractivity contribution is 7.68. The van der Waals surface area contributed by atoms with Crippen LogP contribution in [0.5, 0.6) is 0 Å². The van der Waals surface area contributed by atoms with E-state index in [4.69, 9.17) is 10.9 Å². The van der Waals surface area contributed by atoms with Crippen LogP contribution in [0.2, 0.25) is 0 Å². The maximum atomic E-state index is 12.0. The number of hydrogen-bond acceptors (Lipinski definition) is 2. The Bertz CT molecular complexity index is 322. The lowest BCUT2D eigenvalue weighted by molar-refractivity contribution is 0.225. The van der Waals surface area contributed by atoms with Crippen LogP contribution in [0.3, 0.4) is 0 Å². The van der Waals surface area contributed by atoms with Gasteiger partial charge in [0.15, 0.2) is 0 Å². The van der Waals surface area contributed by atoms with Gasteiger partial charge in [-0.05, 0) is 25.4 Å². The minimum Gasteiger partial charge on any atom is -0.313 e. The van der Waals surface area contributed by atoms with Crippen molar-refractivity contribution in [2.24, 2.45) is 0 Å². The summed E-state index contributed by atoms with van der Waals surface area (Å²) < 4.78 is 17.3. The van der Waals surface area contributed by atoms with Crippen molar-refractivity contribution in [3.05, 3.63) is 24.0 Å². The summed E-state index contributed by atoms with van der Waals surface area (Å²) in [6.45, 7) is 5.46. The first-order chi connectivity index (χ1) is 6.12. The van der Waals surface area contributed by atoms with E-state index in [0.717, 1.165) is 12.8 Å². The molecule has 0 fully saturated rings. The van der Waals surface area contributed by atoms with Gasteiger partial charge in [0.1, 0.15) is 0 Å². The van der Waals surface area contributed by atoms with Gasteiger partial charge in [0, 0.05) is 5.31 Å². The molecule has 0 N–H and O–H groups in total. The van der Waals surface area contributed by atoms with E-state index in [9.17, 15) is 4.57 Å². The third kappa shape index (κ3) is 2.12. The number of allylic oxidation sites excluding steroid dienone is 3. The van der Waals surface area contributed by atoms with Gasteiger partial charge in [0.25, 0.3) is 0 Å². The fraction of sp³-hybridized carbons (Fsp3) is 0.400. The van der Waals surface area contributed by atoms with E-state index < -0.39 is 7.37 Å². The maximum absolute atomic E-state index is 12.0. The van der Waals surface area contributed by atoms with Gasteiger partial charge in [-0.1, -0.05) is 18.7 Å². The summed E-state index contributed by atoms with van der Waals surface area (Å²) in [6.07, 6.45) is 10.2. The second-order valence-corrected chi connectivity index (χ2v) is 5.10. The van der Waals surface area contributed by atoms with Gasteiger partial charge in [-0.3, -0.25) is 4.57 Å². The normalized spacial score (nSPS) is 34.2. The molecule has 0 aliphatic carbocycles. The average molecular weight is 196 g/mol. The zero-order chi connectivity index (χ0) is 9.90. The van der Waals surface area contributed by atoms with E-state index >= 15 is 0 Å². The molecule has 0 saturated heterocycles. The molecule has 1 aliphatic heterocycles. The Balaban J connectivity index is 3.07. The highest BCUT2D eigenvalue weighted by Gasteiger charge is 2.28. The molecular weight excluding hydrogens is 183 g/mol. The van der Waals surface area contributed by atoms with Crippen molar-refractivity contribution in [1.82, 2.24) is 0 Å². The van der Waals surface area contributed by atoms with Gasteiger partial charge in [0.2, 0.25) is 0 Å². The molecule has 1 heterocycles.